The lowest BCUT2D eigenvalue weighted by Crippen LogP contribution is -2.36. The molecule has 0 spiro atoms. The van der Waals surface area contributed by atoms with E-state index in [2.05, 4.69) is 9.97 Å². The molecule has 1 aliphatic rings. The van der Waals surface area contributed by atoms with Gasteiger partial charge in [-0.2, -0.15) is 0 Å². The van der Waals surface area contributed by atoms with E-state index in [1.54, 1.807) is 0 Å². The van der Waals surface area contributed by atoms with Crippen LogP contribution in [0.2, 0.25) is 0 Å². The summed E-state index contributed by atoms with van der Waals surface area (Å²) in [4.78, 5) is 20.8. The van der Waals surface area contributed by atoms with Crippen LogP contribution in [0.25, 0.3) is 11.3 Å². The van der Waals surface area contributed by atoms with Crippen molar-refractivity contribution in [2.45, 2.75) is 0 Å². The van der Waals surface area contributed by atoms with Crippen LogP contribution in [0.15, 0.2) is 36.5 Å². The van der Waals surface area contributed by atoms with E-state index < -0.39 is 12.9 Å². The predicted octanol–water partition coefficient (Wildman–Crippen LogP) is 1.50. The van der Waals surface area contributed by atoms with Crippen molar-refractivity contribution in [2.75, 3.05) is 18.5 Å². The summed E-state index contributed by atoms with van der Waals surface area (Å²) in [5.41, 5.74) is 1.25. The fourth-order valence-electron chi connectivity index (χ4n) is 1.68. The number of nitrogens with zero attached hydrogens (tertiary/aromatic N) is 3. The highest BCUT2D eigenvalue weighted by Crippen LogP contribution is 2.29. The van der Waals surface area contributed by atoms with E-state index in [9.17, 15) is 4.79 Å². The maximum atomic E-state index is 11.8. The molecule has 5 heteroatoms. The van der Waals surface area contributed by atoms with Crippen LogP contribution < -0.4 is 9.64 Å². The zero-order valence-electron chi connectivity index (χ0n) is 12.3. The zero-order valence-corrected chi connectivity index (χ0v) is 9.33. The quantitative estimate of drug-likeness (QED) is 0.762. The molecule has 0 fully saturated rings. The Morgan fingerprint density at radius 3 is 3.00 bits per heavy atom. The molecule has 0 saturated carbocycles. The minimum absolute atomic E-state index is 0.0467. The van der Waals surface area contributed by atoms with E-state index in [0.29, 0.717) is 10.6 Å². The van der Waals surface area contributed by atoms with Gasteiger partial charge in [-0.05, 0) is 0 Å². The molecular formula is C13H11N3O2. The van der Waals surface area contributed by atoms with Crippen LogP contribution >= 0.6 is 0 Å². The molecule has 5 nitrogen and oxygen atoms in total. The number of rotatable bonds is 1. The second-order valence-electron chi connectivity index (χ2n) is 3.77. The Labute approximate surface area is 108 Å². The molecule has 1 amide bonds. The molecule has 2 aromatic rings. The highest BCUT2D eigenvalue weighted by Gasteiger charge is 2.25. The Morgan fingerprint density at radius 2 is 2.22 bits per heavy atom. The summed E-state index contributed by atoms with van der Waals surface area (Å²) in [5, 5.41) is 0. The van der Waals surface area contributed by atoms with Gasteiger partial charge in [0.15, 0.2) is 12.4 Å². The van der Waals surface area contributed by atoms with Crippen molar-refractivity contribution >= 4 is 11.7 Å². The van der Waals surface area contributed by atoms with Gasteiger partial charge in [0.25, 0.3) is 11.8 Å². The zero-order chi connectivity index (χ0) is 15.0. The second kappa shape index (κ2) is 4.10. The monoisotopic (exact) mass is 244 g/mol. The molecule has 0 atom stereocenters. The minimum atomic E-state index is -2.63. The van der Waals surface area contributed by atoms with Crippen LogP contribution in [0.1, 0.15) is 4.11 Å². The average molecular weight is 244 g/mol. The lowest BCUT2D eigenvalue weighted by Gasteiger charge is -2.23. The van der Waals surface area contributed by atoms with Crippen molar-refractivity contribution in [1.82, 2.24) is 9.97 Å². The molecule has 0 N–H and O–H groups in total. The topological polar surface area (TPSA) is 55.3 Å². The number of benzene rings is 1. The molecule has 0 aliphatic carbocycles. The standard InChI is InChI=1S/C13H11N3O2/c1-16-11(17)8-18-13-12(16)15-10(7-14-13)9-5-3-2-4-6-9/h2-7H,8H2,1H3/i1D3. The van der Waals surface area contributed by atoms with Crippen LogP contribution in [0, 0.1) is 0 Å². The summed E-state index contributed by atoms with van der Waals surface area (Å²) in [6.07, 6.45) is 1.49. The maximum absolute atomic E-state index is 11.8. The van der Waals surface area contributed by atoms with E-state index >= 15 is 0 Å². The van der Waals surface area contributed by atoms with Gasteiger partial charge in [0, 0.05) is 16.7 Å². The molecule has 90 valence electrons. The summed E-state index contributed by atoms with van der Waals surface area (Å²) in [6.45, 7) is -2.98. The van der Waals surface area contributed by atoms with E-state index in [4.69, 9.17) is 8.85 Å². The Balaban J connectivity index is 2.12. The van der Waals surface area contributed by atoms with Crippen molar-refractivity contribution in [1.29, 1.82) is 0 Å². The van der Waals surface area contributed by atoms with Crippen LogP contribution in [-0.4, -0.2) is 29.5 Å². The number of likely N-dealkylation sites (N-methyl/N-ethyl adjacent to an activating group) is 1. The van der Waals surface area contributed by atoms with Crippen molar-refractivity contribution in [3.63, 3.8) is 0 Å². The van der Waals surface area contributed by atoms with Gasteiger partial charge < -0.3 is 4.74 Å². The molecular weight excluding hydrogens is 230 g/mol. The summed E-state index contributed by atoms with van der Waals surface area (Å²) in [5.74, 6) is -0.694. The van der Waals surface area contributed by atoms with Gasteiger partial charge in [-0.25, -0.2) is 9.97 Å². The molecule has 1 aromatic heterocycles. The van der Waals surface area contributed by atoms with Crippen molar-refractivity contribution in [3.8, 4) is 17.1 Å². The lowest BCUT2D eigenvalue weighted by molar-refractivity contribution is -0.121. The molecule has 2 heterocycles. The fraction of sp³-hybridized carbons (Fsp3) is 0.154. The first-order valence-electron chi connectivity index (χ1n) is 6.85. The number of carbonyl (C=O) groups is 1. The van der Waals surface area contributed by atoms with Crippen molar-refractivity contribution < 1.29 is 13.6 Å². The fourth-order valence-corrected chi connectivity index (χ4v) is 1.68. The van der Waals surface area contributed by atoms with Gasteiger partial charge >= 0.3 is 0 Å². The van der Waals surface area contributed by atoms with Gasteiger partial charge in [0.1, 0.15) is 0 Å². The number of carbonyl (C=O) groups excluding carboxylic acids is 1. The predicted molar refractivity (Wildman–Crippen MR) is 66.4 cm³/mol. The Hall–Kier alpha value is -2.43. The van der Waals surface area contributed by atoms with Gasteiger partial charge in [-0.15, -0.1) is 0 Å². The van der Waals surface area contributed by atoms with Crippen molar-refractivity contribution in [2.24, 2.45) is 0 Å². The van der Waals surface area contributed by atoms with Gasteiger partial charge in [-0.3, -0.25) is 9.69 Å². The first-order chi connectivity index (χ1) is 9.97. The van der Waals surface area contributed by atoms with Crippen LogP contribution in [0.3, 0.4) is 0 Å². The summed E-state index contributed by atoms with van der Waals surface area (Å²) in [6, 6.07) is 9.17. The van der Waals surface area contributed by atoms with Crippen LogP contribution in [0.4, 0.5) is 5.82 Å². The molecule has 3 rings (SSSR count). The second-order valence-corrected chi connectivity index (χ2v) is 3.77. The SMILES string of the molecule is [2H]C([2H])([2H])N1C(=O)COc2ncc(-c3ccccc3)nc21. The third-order valence-corrected chi connectivity index (χ3v) is 2.58. The smallest absolute Gasteiger partial charge is 0.266 e. The summed E-state index contributed by atoms with van der Waals surface area (Å²) >= 11 is 0. The Morgan fingerprint density at radius 1 is 1.39 bits per heavy atom. The maximum Gasteiger partial charge on any atom is 0.266 e. The van der Waals surface area contributed by atoms with E-state index in [1.165, 1.54) is 6.20 Å². The molecule has 1 aliphatic heterocycles. The number of anilines is 1. The normalized spacial score (nSPS) is 17.2. The largest absolute Gasteiger partial charge is 0.465 e. The Bertz CT molecular complexity index is 689. The first-order valence-corrected chi connectivity index (χ1v) is 5.35. The lowest BCUT2D eigenvalue weighted by atomic mass is 10.2. The summed E-state index contributed by atoms with van der Waals surface area (Å²) < 4.78 is 27.6. The number of hydrogen-bond donors (Lipinski definition) is 0. The first kappa shape index (κ1) is 7.81. The van der Waals surface area contributed by atoms with Crippen LogP contribution in [-0.2, 0) is 4.79 Å². The highest BCUT2D eigenvalue weighted by atomic mass is 16.5. The Kier molecular flexibility index (Phi) is 1.78. The number of hydrogen-bond acceptors (Lipinski definition) is 4. The van der Waals surface area contributed by atoms with Crippen LogP contribution in [0.5, 0.6) is 5.88 Å². The molecule has 1 aromatic carbocycles. The minimum Gasteiger partial charge on any atom is -0.465 e. The number of amides is 1. The van der Waals surface area contributed by atoms with Crippen molar-refractivity contribution in [3.05, 3.63) is 36.5 Å². The molecule has 0 saturated heterocycles. The van der Waals surface area contributed by atoms with E-state index in [-0.39, 0.29) is 18.3 Å². The number of fused-ring (bicyclic) bond motifs is 1. The summed E-state index contributed by atoms with van der Waals surface area (Å²) in [7, 11) is 0. The van der Waals surface area contributed by atoms with Gasteiger partial charge in [0.05, 0.1) is 11.9 Å². The molecule has 0 bridgehead atoms. The van der Waals surface area contributed by atoms with E-state index in [0.717, 1.165) is 5.56 Å². The number of ether oxygens (including phenoxy) is 1. The van der Waals surface area contributed by atoms with E-state index in [1.807, 2.05) is 30.3 Å². The molecule has 0 radical (unpaired) electrons. The molecule has 0 unspecified atom stereocenters. The highest BCUT2D eigenvalue weighted by molar-refractivity contribution is 5.95. The van der Waals surface area contributed by atoms with Gasteiger partial charge in [0.2, 0.25) is 0 Å². The number of aromatic nitrogens is 2. The molecule has 18 heavy (non-hydrogen) atoms. The third-order valence-electron chi connectivity index (χ3n) is 2.58. The van der Waals surface area contributed by atoms with Gasteiger partial charge in [-0.1, -0.05) is 30.3 Å². The third kappa shape index (κ3) is 1.69. The average Bonchev–Trinajstić information content (AvgIpc) is 2.46.